The maximum atomic E-state index is 10.6. The largest absolute Gasteiger partial charge is 0.480 e. The van der Waals surface area contributed by atoms with Gasteiger partial charge in [0.15, 0.2) is 0 Å². The molecule has 0 saturated carbocycles. The monoisotopic (exact) mass is 269 g/mol. The summed E-state index contributed by atoms with van der Waals surface area (Å²) >= 11 is 7.89. The van der Waals surface area contributed by atoms with E-state index in [2.05, 4.69) is 0 Å². The zero-order valence-electron chi connectivity index (χ0n) is 9.31. The molecule has 0 spiro atoms. The summed E-state index contributed by atoms with van der Waals surface area (Å²) in [4.78, 5) is 13.3. The first kappa shape index (κ1) is 12.4. The van der Waals surface area contributed by atoms with Gasteiger partial charge >= 0.3 is 5.97 Å². The third-order valence-corrected chi connectivity index (χ3v) is 4.12. The van der Waals surface area contributed by atoms with Gasteiger partial charge in [-0.1, -0.05) is 29.8 Å². The van der Waals surface area contributed by atoms with Gasteiger partial charge in [0.05, 0.1) is 11.6 Å². The van der Waals surface area contributed by atoms with Crippen molar-refractivity contribution < 1.29 is 9.90 Å². The Morgan fingerprint density at radius 3 is 2.82 bits per heavy atom. The quantitative estimate of drug-likeness (QED) is 0.927. The lowest BCUT2D eigenvalue weighted by Gasteiger charge is -2.12. The number of thiophene rings is 1. The summed E-state index contributed by atoms with van der Waals surface area (Å²) in [6.45, 7) is 0.578. The summed E-state index contributed by atoms with van der Waals surface area (Å²) in [5.74, 6) is -0.829. The van der Waals surface area contributed by atoms with E-state index in [1.54, 1.807) is 23.3 Å². The van der Waals surface area contributed by atoms with Crippen molar-refractivity contribution in [2.24, 2.45) is 0 Å². The number of rotatable bonds is 4. The van der Waals surface area contributed by atoms with Crippen molar-refractivity contribution in [2.45, 2.75) is 6.54 Å². The highest BCUT2D eigenvalue weighted by Crippen LogP contribution is 2.35. The van der Waals surface area contributed by atoms with E-state index >= 15 is 0 Å². The van der Waals surface area contributed by atoms with Gasteiger partial charge in [0.2, 0.25) is 0 Å². The highest BCUT2D eigenvalue weighted by Gasteiger charge is 2.12. The van der Waals surface area contributed by atoms with Crippen molar-refractivity contribution in [1.82, 2.24) is 4.90 Å². The van der Waals surface area contributed by atoms with E-state index < -0.39 is 5.97 Å². The van der Waals surface area contributed by atoms with Gasteiger partial charge < -0.3 is 5.11 Å². The third kappa shape index (κ3) is 2.77. The Labute approximate surface area is 108 Å². The molecule has 2 rings (SSSR count). The molecule has 5 heteroatoms. The molecule has 3 nitrogen and oxygen atoms in total. The van der Waals surface area contributed by atoms with Crippen molar-refractivity contribution in [3.63, 3.8) is 0 Å². The molecule has 0 saturated heterocycles. The summed E-state index contributed by atoms with van der Waals surface area (Å²) in [5, 5.41) is 10.5. The van der Waals surface area contributed by atoms with Crippen LogP contribution in [0.5, 0.6) is 0 Å². The number of likely N-dealkylation sites (N-methyl/N-ethyl adjacent to an activating group) is 1. The summed E-state index contributed by atoms with van der Waals surface area (Å²) in [6, 6.07) is 7.92. The fourth-order valence-corrected chi connectivity index (χ4v) is 3.27. The van der Waals surface area contributed by atoms with Crippen molar-refractivity contribution in [3.8, 4) is 0 Å². The average Bonchev–Trinajstić information content (AvgIpc) is 2.55. The molecule has 0 fully saturated rings. The highest BCUT2D eigenvalue weighted by atomic mass is 35.5. The predicted molar refractivity (Wildman–Crippen MR) is 70.8 cm³/mol. The summed E-state index contributed by atoms with van der Waals surface area (Å²) < 4.78 is 1.14. The smallest absolute Gasteiger partial charge is 0.317 e. The van der Waals surface area contributed by atoms with E-state index in [0.29, 0.717) is 6.54 Å². The Kier molecular flexibility index (Phi) is 3.66. The lowest BCUT2D eigenvalue weighted by molar-refractivity contribution is -0.138. The molecule has 0 bridgehead atoms. The van der Waals surface area contributed by atoms with Crippen LogP contribution in [-0.2, 0) is 11.3 Å². The molecular weight excluding hydrogens is 258 g/mol. The minimum atomic E-state index is -0.829. The number of hydrogen-bond acceptors (Lipinski definition) is 3. The second kappa shape index (κ2) is 5.04. The maximum absolute atomic E-state index is 10.6. The van der Waals surface area contributed by atoms with Crippen molar-refractivity contribution in [3.05, 3.63) is 34.2 Å². The molecular formula is C12H12ClNO2S. The fourth-order valence-electron chi connectivity index (χ4n) is 1.70. The molecule has 17 heavy (non-hydrogen) atoms. The third-order valence-electron chi connectivity index (χ3n) is 2.42. The number of hydrogen-bond donors (Lipinski definition) is 1. The van der Waals surface area contributed by atoms with Gasteiger partial charge in [-0.2, -0.15) is 0 Å². The number of carbonyl (C=O) groups is 1. The molecule has 1 N–H and O–H groups in total. The molecule has 1 heterocycles. The second-order valence-electron chi connectivity index (χ2n) is 3.90. The summed E-state index contributed by atoms with van der Waals surface area (Å²) in [5.41, 5.74) is 0. The molecule has 0 aliphatic carbocycles. The van der Waals surface area contributed by atoms with E-state index in [-0.39, 0.29) is 6.54 Å². The van der Waals surface area contributed by atoms with Gasteiger partial charge in [-0.3, -0.25) is 9.69 Å². The van der Waals surface area contributed by atoms with Gasteiger partial charge in [-0.25, -0.2) is 0 Å². The van der Waals surface area contributed by atoms with Crippen LogP contribution in [0.1, 0.15) is 4.88 Å². The molecule has 0 radical (unpaired) electrons. The topological polar surface area (TPSA) is 40.5 Å². The molecule has 0 aliphatic rings. The second-order valence-corrected chi connectivity index (χ2v) is 5.42. The van der Waals surface area contributed by atoms with E-state index in [0.717, 1.165) is 20.0 Å². The number of fused-ring (bicyclic) bond motifs is 1. The van der Waals surface area contributed by atoms with Crippen LogP contribution in [0.25, 0.3) is 10.1 Å². The van der Waals surface area contributed by atoms with Crippen LogP contribution < -0.4 is 0 Å². The van der Waals surface area contributed by atoms with Crippen LogP contribution in [0.4, 0.5) is 0 Å². The van der Waals surface area contributed by atoms with Gasteiger partial charge in [-0.15, -0.1) is 11.3 Å². The number of nitrogens with zero attached hydrogens (tertiary/aromatic N) is 1. The summed E-state index contributed by atoms with van der Waals surface area (Å²) in [7, 11) is 1.77. The molecule has 1 aromatic carbocycles. The van der Waals surface area contributed by atoms with Crippen LogP contribution in [0.3, 0.4) is 0 Å². The zero-order chi connectivity index (χ0) is 12.4. The number of carboxylic acids is 1. The molecule has 0 unspecified atom stereocenters. The molecule has 0 aliphatic heterocycles. The number of benzene rings is 1. The molecule has 0 amide bonds. The molecule has 0 atom stereocenters. The first-order chi connectivity index (χ1) is 8.08. The van der Waals surface area contributed by atoms with Gasteiger partial charge in [0, 0.05) is 21.5 Å². The predicted octanol–water partition coefficient (Wildman–Crippen LogP) is 3.07. The zero-order valence-corrected chi connectivity index (χ0v) is 10.9. The maximum Gasteiger partial charge on any atom is 0.317 e. The van der Waals surface area contributed by atoms with Gasteiger partial charge in [0.1, 0.15) is 0 Å². The SMILES string of the molecule is CN(CC(=O)O)Cc1sc2ccccc2c1Cl. The molecule has 2 aromatic rings. The van der Waals surface area contributed by atoms with Crippen molar-refractivity contribution in [2.75, 3.05) is 13.6 Å². The van der Waals surface area contributed by atoms with Crippen LogP contribution in [-0.4, -0.2) is 29.6 Å². The Hall–Kier alpha value is -1.10. The highest BCUT2D eigenvalue weighted by molar-refractivity contribution is 7.19. The normalized spacial score (nSPS) is 11.2. The molecule has 90 valence electrons. The van der Waals surface area contributed by atoms with Crippen LogP contribution >= 0.6 is 22.9 Å². The minimum Gasteiger partial charge on any atom is -0.480 e. The Balaban J connectivity index is 2.24. The Morgan fingerprint density at radius 2 is 2.18 bits per heavy atom. The minimum absolute atomic E-state index is 0.0184. The average molecular weight is 270 g/mol. The van der Waals surface area contributed by atoms with E-state index in [9.17, 15) is 4.79 Å². The van der Waals surface area contributed by atoms with Crippen molar-refractivity contribution >= 4 is 39.0 Å². The molecule has 1 aromatic heterocycles. The van der Waals surface area contributed by atoms with Crippen molar-refractivity contribution in [1.29, 1.82) is 0 Å². The van der Waals surface area contributed by atoms with E-state index in [4.69, 9.17) is 16.7 Å². The van der Waals surface area contributed by atoms with E-state index in [1.807, 2.05) is 24.3 Å². The summed E-state index contributed by atoms with van der Waals surface area (Å²) in [6.07, 6.45) is 0. The lowest BCUT2D eigenvalue weighted by Crippen LogP contribution is -2.24. The van der Waals surface area contributed by atoms with Crippen LogP contribution in [0.15, 0.2) is 24.3 Å². The van der Waals surface area contributed by atoms with Crippen LogP contribution in [0.2, 0.25) is 5.02 Å². The first-order valence-corrected chi connectivity index (χ1v) is 6.33. The van der Waals surface area contributed by atoms with Gasteiger partial charge in [-0.05, 0) is 13.1 Å². The number of carboxylic acid groups (broad SMARTS) is 1. The van der Waals surface area contributed by atoms with E-state index in [1.165, 1.54) is 0 Å². The standard InChI is InChI=1S/C12H12ClNO2S/c1-14(7-11(15)16)6-10-12(13)8-4-2-3-5-9(8)17-10/h2-5H,6-7H2,1H3,(H,15,16). The lowest BCUT2D eigenvalue weighted by atomic mass is 10.2. The Bertz CT molecular complexity index is 552. The number of halogens is 1. The Morgan fingerprint density at radius 1 is 1.47 bits per heavy atom. The van der Waals surface area contributed by atoms with Crippen LogP contribution in [0, 0.1) is 0 Å². The van der Waals surface area contributed by atoms with Gasteiger partial charge in [0.25, 0.3) is 0 Å². The number of aliphatic carboxylic acids is 1. The fraction of sp³-hybridized carbons (Fsp3) is 0.250. The first-order valence-electron chi connectivity index (χ1n) is 5.14.